The number of nitrogens with zero attached hydrogens (tertiary/aromatic N) is 1. The van der Waals surface area contributed by atoms with Gasteiger partial charge in [-0.05, 0) is 25.5 Å². The molecule has 0 radical (unpaired) electrons. The van der Waals surface area contributed by atoms with Crippen molar-refractivity contribution in [3.63, 3.8) is 0 Å². The molecule has 1 aliphatic rings. The van der Waals surface area contributed by atoms with Gasteiger partial charge in [0.1, 0.15) is 0 Å². The van der Waals surface area contributed by atoms with Crippen LogP contribution in [0.4, 0.5) is 4.79 Å². The van der Waals surface area contributed by atoms with Crippen LogP contribution in [0, 0.1) is 6.92 Å². The Morgan fingerprint density at radius 1 is 1.63 bits per heavy atom. The lowest BCUT2D eigenvalue weighted by atomic mass is 10.2. The maximum Gasteiger partial charge on any atom is 0.315 e. The Bertz CT molecular complexity index is 416. The minimum atomic E-state index is -0.0485. The first-order valence-corrected chi connectivity index (χ1v) is 8.72. The zero-order valence-electron chi connectivity index (χ0n) is 11.4. The third kappa shape index (κ3) is 4.69. The Labute approximate surface area is 122 Å². The van der Waals surface area contributed by atoms with Gasteiger partial charge in [-0.25, -0.2) is 9.78 Å². The minimum absolute atomic E-state index is 0.0485. The second-order valence-corrected chi connectivity index (χ2v) is 7.04. The molecule has 19 heavy (non-hydrogen) atoms. The van der Waals surface area contributed by atoms with Crippen molar-refractivity contribution in [1.29, 1.82) is 0 Å². The lowest BCUT2D eigenvalue weighted by Crippen LogP contribution is -2.45. The normalized spacial score (nSPS) is 20.8. The van der Waals surface area contributed by atoms with Gasteiger partial charge in [-0.1, -0.05) is 6.92 Å². The monoisotopic (exact) mass is 299 g/mol. The van der Waals surface area contributed by atoms with Gasteiger partial charge in [0.15, 0.2) is 0 Å². The Balaban J connectivity index is 1.70. The Morgan fingerprint density at radius 3 is 3.11 bits per heavy atom. The number of hydrogen-bond donors (Lipinski definition) is 2. The number of rotatable bonds is 4. The zero-order valence-corrected chi connectivity index (χ0v) is 13.1. The third-order valence-corrected chi connectivity index (χ3v) is 5.53. The van der Waals surface area contributed by atoms with Crippen molar-refractivity contribution in [2.45, 2.75) is 38.6 Å². The molecule has 0 bridgehead atoms. The van der Waals surface area contributed by atoms with Gasteiger partial charge in [0.25, 0.3) is 0 Å². The van der Waals surface area contributed by atoms with E-state index in [4.69, 9.17) is 0 Å². The first-order chi connectivity index (χ1) is 9.15. The average Bonchev–Trinajstić information content (AvgIpc) is 2.84. The summed E-state index contributed by atoms with van der Waals surface area (Å²) in [7, 11) is 0. The Morgan fingerprint density at radius 2 is 2.47 bits per heavy atom. The van der Waals surface area contributed by atoms with E-state index in [-0.39, 0.29) is 11.9 Å². The van der Waals surface area contributed by atoms with Crippen molar-refractivity contribution in [2.75, 3.05) is 18.1 Å². The highest BCUT2D eigenvalue weighted by Crippen LogP contribution is 2.19. The molecule has 1 aromatic heterocycles. The lowest BCUT2D eigenvalue weighted by molar-refractivity contribution is 0.236. The number of hydrogen-bond acceptors (Lipinski definition) is 4. The van der Waals surface area contributed by atoms with Gasteiger partial charge in [-0.3, -0.25) is 0 Å². The summed E-state index contributed by atoms with van der Waals surface area (Å²) in [6.07, 6.45) is 2.30. The van der Waals surface area contributed by atoms with Crippen LogP contribution in [0.15, 0.2) is 5.38 Å². The first-order valence-electron chi connectivity index (χ1n) is 6.69. The number of thiazole rings is 1. The fourth-order valence-corrected chi connectivity index (χ4v) is 3.95. The van der Waals surface area contributed by atoms with Gasteiger partial charge >= 0.3 is 6.03 Å². The molecule has 2 atom stereocenters. The summed E-state index contributed by atoms with van der Waals surface area (Å²) < 4.78 is 0. The van der Waals surface area contributed by atoms with Crippen LogP contribution < -0.4 is 10.6 Å². The van der Waals surface area contributed by atoms with E-state index in [9.17, 15) is 4.79 Å². The van der Waals surface area contributed by atoms with Crippen molar-refractivity contribution in [3.8, 4) is 0 Å². The summed E-state index contributed by atoms with van der Waals surface area (Å²) in [6, 6.07) is 0.281. The van der Waals surface area contributed by atoms with Crippen LogP contribution in [0.5, 0.6) is 0 Å². The minimum Gasteiger partial charge on any atom is -0.337 e. The lowest BCUT2D eigenvalue weighted by Gasteiger charge is -2.23. The van der Waals surface area contributed by atoms with Crippen molar-refractivity contribution in [2.24, 2.45) is 0 Å². The van der Waals surface area contributed by atoms with Crippen LogP contribution in [0.2, 0.25) is 0 Å². The molecule has 6 heteroatoms. The molecule has 0 saturated carbocycles. The van der Waals surface area contributed by atoms with Gasteiger partial charge in [0.05, 0.1) is 5.01 Å². The summed E-state index contributed by atoms with van der Waals surface area (Å²) in [5, 5.41) is 9.12. The first kappa shape index (κ1) is 14.7. The van der Waals surface area contributed by atoms with E-state index >= 15 is 0 Å². The van der Waals surface area contributed by atoms with E-state index in [1.165, 1.54) is 12.2 Å². The van der Waals surface area contributed by atoms with Crippen LogP contribution in [-0.2, 0) is 0 Å². The molecule has 2 rings (SSSR count). The highest BCUT2D eigenvalue weighted by Gasteiger charge is 2.16. The maximum absolute atomic E-state index is 11.8. The van der Waals surface area contributed by atoms with Crippen molar-refractivity contribution in [1.82, 2.24) is 15.6 Å². The van der Waals surface area contributed by atoms with E-state index in [0.29, 0.717) is 12.6 Å². The SMILES string of the molecule is Cc1csc([C@@H](C)CNC(=O)N[C@@H]2CCCSC2)n1. The molecular formula is C13H21N3OS2. The van der Waals surface area contributed by atoms with Gasteiger partial charge in [0, 0.05) is 35.3 Å². The average molecular weight is 299 g/mol. The molecule has 1 fully saturated rings. The fourth-order valence-electron chi connectivity index (χ4n) is 2.02. The third-order valence-electron chi connectivity index (χ3n) is 3.12. The van der Waals surface area contributed by atoms with E-state index in [2.05, 4.69) is 22.5 Å². The molecule has 2 amide bonds. The van der Waals surface area contributed by atoms with Crippen LogP contribution >= 0.6 is 23.1 Å². The molecule has 1 aliphatic heterocycles. The zero-order chi connectivity index (χ0) is 13.7. The molecule has 1 saturated heterocycles. The van der Waals surface area contributed by atoms with E-state index in [1.54, 1.807) is 11.3 Å². The molecule has 0 aliphatic carbocycles. The second-order valence-electron chi connectivity index (χ2n) is 5.00. The second kappa shape index (κ2) is 7.14. The van der Waals surface area contributed by atoms with E-state index in [0.717, 1.165) is 22.9 Å². The molecule has 106 valence electrons. The number of aryl methyl sites for hydroxylation is 1. The molecule has 4 nitrogen and oxygen atoms in total. The topological polar surface area (TPSA) is 54.0 Å². The van der Waals surface area contributed by atoms with Gasteiger partial charge in [-0.15, -0.1) is 11.3 Å². The van der Waals surface area contributed by atoms with Gasteiger partial charge in [-0.2, -0.15) is 11.8 Å². The number of urea groups is 1. The molecule has 2 heterocycles. The smallest absolute Gasteiger partial charge is 0.315 e. The van der Waals surface area contributed by atoms with Gasteiger partial charge in [0.2, 0.25) is 0 Å². The summed E-state index contributed by atoms with van der Waals surface area (Å²) in [5.41, 5.74) is 1.05. The predicted octanol–water partition coefficient (Wildman–Crippen LogP) is 2.75. The summed E-state index contributed by atoms with van der Waals surface area (Å²) in [5.74, 6) is 2.53. The Hall–Kier alpha value is -0.750. The standard InChI is InChI=1S/C13H21N3OS2/c1-9(12-15-10(2)7-19-12)6-14-13(17)16-11-4-3-5-18-8-11/h7,9,11H,3-6,8H2,1-2H3,(H2,14,16,17)/t9-,11+/m0/s1. The largest absolute Gasteiger partial charge is 0.337 e. The molecular weight excluding hydrogens is 278 g/mol. The number of carbonyl (C=O) groups excluding carboxylic acids is 1. The molecule has 0 unspecified atom stereocenters. The molecule has 0 aromatic carbocycles. The van der Waals surface area contributed by atoms with E-state index < -0.39 is 0 Å². The Kier molecular flexibility index (Phi) is 5.51. The highest BCUT2D eigenvalue weighted by molar-refractivity contribution is 7.99. The van der Waals surface area contributed by atoms with Gasteiger partial charge < -0.3 is 10.6 Å². The molecule has 2 N–H and O–H groups in total. The number of carbonyl (C=O) groups is 1. The summed E-state index contributed by atoms with van der Waals surface area (Å²) >= 11 is 3.58. The fraction of sp³-hybridized carbons (Fsp3) is 0.692. The summed E-state index contributed by atoms with van der Waals surface area (Å²) in [4.78, 5) is 16.3. The predicted molar refractivity (Wildman–Crippen MR) is 82.1 cm³/mol. The van der Waals surface area contributed by atoms with E-state index in [1.807, 2.05) is 24.1 Å². The summed E-state index contributed by atoms with van der Waals surface area (Å²) in [6.45, 7) is 4.72. The number of aromatic nitrogens is 1. The quantitative estimate of drug-likeness (QED) is 0.899. The van der Waals surface area contributed by atoms with Crippen LogP contribution in [0.1, 0.15) is 36.4 Å². The van der Waals surface area contributed by atoms with Crippen molar-refractivity contribution < 1.29 is 4.79 Å². The molecule has 1 aromatic rings. The van der Waals surface area contributed by atoms with Crippen molar-refractivity contribution >= 4 is 29.1 Å². The number of amides is 2. The molecule has 0 spiro atoms. The van der Waals surface area contributed by atoms with Crippen LogP contribution in [0.3, 0.4) is 0 Å². The van der Waals surface area contributed by atoms with Crippen molar-refractivity contribution in [3.05, 3.63) is 16.1 Å². The van der Waals surface area contributed by atoms with Crippen LogP contribution in [0.25, 0.3) is 0 Å². The number of nitrogens with one attached hydrogen (secondary N) is 2. The number of thioether (sulfide) groups is 1. The highest BCUT2D eigenvalue weighted by atomic mass is 32.2. The van der Waals surface area contributed by atoms with Crippen LogP contribution in [-0.4, -0.2) is 35.1 Å². The maximum atomic E-state index is 11.8.